The van der Waals surface area contributed by atoms with E-state index in [0.29, 0.717) is 6.04 Å². The summed E-state index contributed by atoms with van der Waals surface area (Å²) >= 11 is 6.16. The van der Waals surface area contributed by atoms with Gasteiger partial charge in [0.25, 0.3) is 0 Å². The van der Waals surface area contributed by atoms with Crippen LogP contribution in [0.4, 0.5) is 0 Å². The highest BCUT2D eigenvalue weighted by atomic mass is 35.5. The van der Waals surface area contributed by atoms with Gasteiger partial charge in [0.05, 0.1) is 6.61 Å². The molecular formula is C19H22ClNO. The van der Waals surface area contributed by atoms with E-state index in [2.05, 4.69) is 17.4 Å². The molecule has 2 nitrogen and oxygen atoms in total. The molecule has 2 aromatic carbocycles. The minimum absolute atomic E-state index is 0.598. The predicted octanol–water partition coefficient (Wildman–Crippen LogP) is 4.92. The fourth-order valence-corrected chi connectivity index (χ4v) is 3.13. The summed E-state index contributed by atoms with van der Waals surface area (Å²) in [5, 5.41) is 4.30. The van der Waals surface area contributed by atoms with Gasteiger partial charge in [-0.25, -0.2) is 0 Å². The summed E-state index contributed by atoms with van der Waals surface area (Å²) in [7, 11) is 0. The number of ether oxygens (including phenoxy) is 1. The molecule has 0 bridgehead atoms. The summed E-state index contributed by atoms with van der Waals surface area (Å²) in [5.74, 6) is 0.909. The second-order valence-corrected chi connectivity index (χ2v) is 6.23. The van der Waals surface area contributed by atoms with E-state index < -0.39 is 0 Å². The van der Waals surface area contributed by atoms with Gasteiger partial charge in [0.15, 0.2) is 0 Å². The lowest BCUT2D eigenvalue weighted by atomic mass is 10.0. The summed E-state index contributed by atoms with van der Waals surface area (Å²) in [4.78, 5) is 0. The third-order valence-electron chi connectivity index (χ3n) is 4.16. The average molecular weight is 316 g/mol. The lowest BCUT2D eigenvalue weighted by molar-refractivity contribution is 0.269. The third-order valence-corrected chi connectivity index (χ3v) is 4.40. The Labute approximate surface area is 137 Å². The molecule has 3 rings (SSSR count). The molecule has 0 saturated carbocycles. The minimum atomic E-state index is 0.598. The molecule has 1 fully saturated rings. The quantitative estimate of drug-likeness (QED) is 0.845. The van der Waals surface area contributed by atoms with Crippen LogP contribution in [0.25, 0.3) is 11.1 Å². The van der Waals surface area contributed by atoms with Gasteiger partial charge >= 0.3 is 0 Å². The maximum Gasteiger partial charge on any atom is 0.127 e. The van der Waals surface area contributed by atoms with Crippen LogP contribution in [0.3, 0.4) is 0 Å². The highest BCUT2D eigenvalue weighted by molar-refractivity contribution is 6.31. The first-order chi connectivity index (χ1) is 10.8. The summed E-state index contributed by atoms with van der Waals surface area (Å²) in [6.07, 6.45) is 4.94. The molecule has 3 heteroatoms. The van der Waals surface area contributed by atoms with E-state index in [9.17, 15) is 0 Å². The normalized spacial score (nSPS) is 18.1. The highest BCUT2D eigenvalue weighted by Crippen LogP contribution is 2.32. The van der Waals surface area contributed by atoms with Crippen molar-refractivity contribution < 1.29 is 4.74 Å². The Hall–Kier alpha value is -1.51. The van der Waals surface area contributed by atoms with Crippen LogP contribution in [0.5, 0.6) is 5.75 Å². The molecule has 22 heavy (non-hydrogen) atoms. The first-order valence-electron chi connectivity index (χ1n) is 8.04. The Bertz CT molecular complexity index is 594. The van der Waals surface area contributed by atoms with Crippen molar-refractivity contribution in [3.63, 3.8) is 0 Å². The summed E-state index contributed by atoms with van der Waals surface area (Å²) in [5.41, 5.74) is 2.19. The molecule has 0 amide bonds. The molecule has 0 spiro atoms. The fraction of sp³-hybridized carbons (Fsp3) is 0.368. The Morgan fingerprint density at radius 1 is 1.09 bits per heavy atom. The van der Waals surface area contributed by atoms with Gasteiger partial charge in [-0.05, 0) is 49.6 Å². The van der Waals surface area contributed by atoms with Crippen LogP contribution in [-0.4, -0.2) is 19.2 Å². The van der Waals surface area contributed by atoms with E-state index in [1.54, 1.807) is 0 Å². The van der Waals surface area contributed by atoms with Crippen LogP contribution in [0.15, 0.2) is 48.5 Å². The van der Waals surface area contributed by atoms with Crippen molar-refractivity contribution in [3.05, 3.63) is 53.6 Å². The Balaban J connectivity index is 1.68. The first-order valence-corrected chi connectivity index (χ1v) is 8.42. The number of rotatable bonds is 5. The predicted molar refractivity (Wildman–Crippen MR) is 92.6 cm³/mol. The number of hydrogen-bond donors (Lipinski definition) is 1. The molecule has 0 aromatic heterocycles. The lowest BCUT2D eigenvalue weighted by Gasteiger charge is -2.23. The molecule has 1 aliphatic rings. The van der Waals surface area contributed by atoms with Crippen molar-refractivity contribution in [1.82, 2.24) is 5.32 Å². The molecule has 2 aromatic rings. The molecule has 116 valence electrons. The summed E-state index contributed by atoms with van der Waals surface area (Å²) in [6, 6.07) is 16.7. The number of piperidine rings is 1. The molecule has 1 heterocycles. The lowest BCUT2D eigenvalue weighted by Crippen LogP contribution is -2.35. The number of hydrogen-bond acceptors (Lipinski definition) is 2. The minimum Gasteiger partial charge on any atom is -0.493 e. The van der Waals surface area contributed by atoms with Gasteiger partial charge in [-0.2, -0.15) is 0 Å². The van der Waals surface area contributed by atoms with Crippen LogP contribution in [0.1, 0.15) is 25.7 Å². The first kappa shape index (κ1) is 15.4. The van der Waals surface area contributed by atoms with E-state index in [0.717, 1.165) is 41.5 Å². The molecule has 1 atom stereocenters. The van der Waals surface area contributed by atoms with E-state index in [4.69, 9.17) is 16.3 Å². The summed E-state index contributed by atoms with van der Waals surface area (Å²) in [6.45, 7) is 1.88. The zero-order valence-corrected chi connectivity index (χ0v) is 13.5. The number of benzene rings is 2. The molecule has 0 aliphatic carbocycles. The van der Waals surface area contributed by atoms with Gasteiger partial charge in [-0.1, -0.05) is 48.4 Å². The van der Waals surface area contributed by atoms with Crippen LogP contribution in [0, 0.1) is 0 Å². The number of halogens is 1. The van der Waals surface area contributed by atoms with Crippen LogP contribution < -0.4 is 10.1 Å². The molecule has 1 aliphatic heterocycles. The van der Waals surface area contributed by atoms with Crippen molar-refractivity contribution in [1.29, 1.82) is 0 Å². The van der Waals surface area contributed by atoms with Gasteiger partial charge in [0.1, 0.15) is 5.75 Å². The molecule has 0 radical (unpaired) electrons. The number of nitrogens with one attached hydrogen (secondary N) is 1. The molecular weight excluding hydrogens is 294 g/mol. The van der Waals surface area contributed by atoms with Gasteiger partial charge in [-0.15, -0.1) is 0 Å². The monoisotopic (exact) mass is 315 g/mol. The van der Waals surface area contributed by atoms with Crippen molar-refractivity contribution in [3.8, 4) is 16.9 Å². The van der Waals surface area contributed by atoms with E-state index in [-0.39, 0.29) is 0 Å². The van der Waals surface area contributed by atoms with Crippen molar-refractivity contribution in [2.45, 2.75) is 31.7 Å². The average Bonchev–Trinajstić information content (AvgIpc) is 2.58. The van der Waals surface area contributed by atoms with Gasteiger partial charge < -0.3 is 10.1 Å². The summed E-state index contributed by atoms with van der Waals surface area (Å²) < 4.78 is 6.05. The molecule has 0 unspecified atom stereocenters. The topological polar surface area (TPSA) is 21.3 Å². The zero-order valence-electron chi connectivity index (χ0n) is 12.7. The molecule has 1 saturated heterocycles. The van der Waals surface area contributed by atoms with Gasteiger partial charge in [0.2, 0.25) is 0 Å². The maximum absolute atomic E-state index is 6.16. The van der Waals surface area contributed by atoms with Crippen molar-refractivity contribution >= 4 is 11.6 Å². The highest BCUT2D eigenvalue weighted by Gasteiger charge is 2.13. The van der Waals surface area contributed by atoms with E-state index in [1.807, 2.05) is 36.4 Å². The van der Waals surface area contributed by atoms with Gasteiger partial charge in [0, 0.05) is 16.6 Å². The maximum atomic E-state index is 6.16. The standard InChI is InChI=1S/C19H22ClNO/c20-16-9-10-19(18(14-16)15-6-2-1-3-7-15)22-13-11-17-8-4-5-12-21-17/h1-3,6-7,9-10,14,17,21H,4-5,8,11-13H2/t17-/m1/s1. The van der Waals surface area contributed by atoms with Gasteiger partial charge in [-0.3, -0.25) is 0 Å². The fourth-order valence-electron chi connectivity index (χ4n) is 2.95. The SMILES string of the molecule is Clc1ccc(OCC[C@H]2CCCCN2)c(-c2ccccc2)c1. The molecule has 1 N–H and O–H groups in total. The van der Waals surface area contributed by atoms with Crippen LogP contribution in [0.2, 0.25) is 5.02 Å². The van der Waals surface area contributed by atoms with Crippen molar-refractivity contribution in [2.24, 2.45) is 0 Å². The van der Waals surface area contributed by atoms with Crippen molar-refractivity contribution in [2.75, 3.05) is 13.2 Å². The van der Waals surface area contributed by atoms with E-state index >= 15 is 0 Å². The zero-order chi connectivity index (χ0) is 15.2. The Morgan fingerprint density at radius 2 is 1.95 bits per heavy atom. The van der Waals surface area contributed by atoms with Crippen LogP contribution in [-0.2, 0) is 0 Å². The smallest absolute Gasteiger partial charge is 0.127 e. The van der Waals surface area contributed by atoms with E-state index in [1.165, 1.54) is 19.3 Å². The largest absolute Gasteiger partial charge is 0.493 e. The third kappa shape index (κ3) is 4.02. The Kier molecular flexibility index (Phi) is 5.36. The van der Waals surface area contributed by atoms with Crippen LogP contribution >= 0.6 is 11.6 Å². The Morgan fingerprint density at radius 3 is 2.73 bits per heavy atom. The second kappa shape index (κ2) is 7.66. The second-order valence-electron chi connectivity index (χ2n) is 5.79.